The Bertz CT molecular complexity index is 1100. The van der Waals surface area contributed by atoms with Gasteiger partial charge in [0.25, 0.3) is 5.91 Å². The van der Waals surface area contributed by atoms with E-state index in [-0.39, 0.29) is 11.9 Å². The molecule has 1 saturated heterocycles. The molecule has 0 bridgehead atoms. The molecule has 1 atom stereocenters. The molecule has 1 fully saturated rings. The quantitative estimate of drug-likeness (QED) is 0.623. The number of aryl methyl sites for hydroxylation is 3. The number of anilines is 1. The van der Waals surface area contributed by atoms with Crippen LogP contribution in [0.4, 0.5) is 5.13 Å². The molecular formula is C23H28N6OS. The zero-order chi connectivity index (χ0) is 22.0. The fourth-order valence-electron chi connectivity index (χ4n) is 4.14. The first-order valence-corrected chi connectivity index (χ1v) is 11.6. The van der Waals surface area contributed by atoms with E-state index in [1.807, 2.05) is 51.1 Å². The minimum Gasteiger partial charge on any atom is -0.362 e. The average Bonchev–Trinajstić information content (AvgIpc) is 3.14. The van der Waals surface area contributed by atoms with Crippen LogP contribution in [0, 0.1) is 20.8 Å². The van der Waals surface area contributed by atoms with E-state index >= 15 is 0 Å². The van der Waals surface area contributed by atoms with Crippen LogP contribution in [0.2, 0.25) is 0 Å². The van der Waals surface area contributed by atoms with Gasteiger partial charge in [-0.1, -0.05) is 11.3 Å². The molecule has 1 N–H and O–H groups in total. The number of thiazole rings is 1. The standard InChI is InChI=1S/C23H28N6OS/c1-5-25-23-27-15(3)21(31-23)22(30)29-11-7-6-8-19(29)20-18(13-26-16(4)28-20)17-9-10-24-12-14(17)2/h9-10,12-13,19H,5-8,11H2,1-4H3,(H,25,27)/t19-/m1/s1. The van der Waals surface area contributed by atoms with E-state index in [0.717, 1.165) is 65.6 Å². The maximum atomic E-state index is 13.6. The summed E-state index contributed by atoms with van der Waals surface area (Å²) in [6, 6.07) is 1.91. The summed E-state index contributed by atoms with van der Waals surface area (Å²) < 4.78 is 0. The number of carbonyl (C=O) groups excluding carboxylic acids is 1. The lowest BCUT2D eigenvalue weighted by atomic mass is 9.92. The van der Waals surface area contributed by atoms with Crippen LogP contribution in [0.5, 0.6) is 0 Å². The number of nitrogens with zero attached hydrogens (tertiary/aromatic N) is 5. The second kappa shape index (κ2) is 9.09. The second-order valence-corrected chi connectivity index (χ2v) is 8.88. The van der Waals surface area contributed by atoms with Crippen LogP contribution in [-0.2, 0) is 0 Å². The summed E-state index contributed by atoms with van der Waals surface area (Å²) in [4.78, 5) is 34.4. The first-order chi connectivity index (χ1) is 15.0. The largest absolute Gasteiger partial charge is 0.362 e. The topological polar surface area (TPSA) is 83.9 Å². The van der Waals surface area contributed by atoms with Gasteiger partial charge in [-0.3, -0.25) is 9.78 Å². The first-order valence-electron chi connectivity index (χ1n) is 10.8. The Morgan fingerprint density at radius 1 is 1.19 bits per heavy atom. The number of carbonyl (C=O) groups is 1. The van der Waals surface area contributed by atoms with Crippen LogP contribution in [0.25, 0.3) is 11.1 Å². The van der Waals surface area contributed by atoms with Gasteiger partial charge in [-0.2, -0.15) is 0 Å². The van der Waals surface area contributed by atoms with Crippen molar-refractivity contribution < 1.29 is 4.79 Å². The molecule has 8 heteroatoms. The van der Waals surface area contributed by atoms with E-state index in [1.54, 1.807) is 6.20 Å². The van der Waals surface area contributed by atoms with Gasteiger partial charge in [-0.15, -0.1) is 0 Å². The minimum atomic E-state index is -0.0883. The molecule has 4 rings (SSSR count). The number of pyridine rings is 1. The SMILES string of the molecule is CCNc1nc(C)c(C(=O)N2CCCC[C@@H]2c2nc(C)ncc2-c2ccncc2C)s1. The molecule has 1 amide bonds. The Balaban J connectivity index is 1.76. The van der Waals surface area contributed by atoms with E-state index in [9.17, 15) is 4.79 Å². The molecular weight excluding hydrogens is 408 g/mol. The van der Waals surface area contributed by atoms with Gasteiger partial charge in [0.15, 0.2) is 5.13 Å². The van der Waals surface area contributed by atoms with Gasteiger partial charge in [-0.25, -0.2) is 15.0 Å². The third-order valence-electron chi connectivity index (χ3n) is 5.65. The lowest BCUT2D eigenvalue weighted by Crippen LogP contribution is -2.39. The maximum absolute atomic E-state index is 13.6. The Hall–Kier alpha value is -2.87. The van der Waals surface area contributed by atoms with E-state index in [2.05, 4.69) is 20.3 Å². The van der Waals surface area contributed by atoms with E-state index in [0.29, 0.717) is 10.7 Å². The molecule has 31 heavy (non-hydrogen) atoms. The van der Waals surface area contributed by atoms with Gasteiger partial charge in [-0.05, 0) is 64.2 Å². The third kappa shape index (κ3) is 4.30. The van der Waals surface area contributed by atoms with Crippen molar-refractivity contribution >= 4 is 22.4 Å². The van der Waals surface area contributed by atoms with Crippen molar-refractivity contribution in [3.05, 3.63) is 52.3 Å². The molecule has 3 aromatic heterocycles. The van der Waals surface area contributed by atoms with Crippen LogP contribution in [-0.4, -0.2) is 43.8 Å². The zero-order valence-corrected chi connectivity index (χ0v) is 19.3. The van der Waals surface area contributed by atoms with E-state index in [1.165, 1.54) is 11.3 Å². The van der Waals surface area contributed by atoms with Crippen molar-refractivity contribution in [1.29, 1.82) is 0 Å². The molecule has 3 aromatic rings. The minimum absolute atomic E-state index is 0.0394. The summed E-state index contributed by atoms with van der Waals surface area (Å²) in [5, 5.41) is 4.02. The van der Waals surface area contributed by atoms with Crippen LogP contribution >= 0.6 is 11.3 Å². The zero-order valence-electron chi connectivity index (χ0n) is 18.5. The monoisotopic (exact) mass is 436 g/mol. The number of likely N-dealkylation sites (tertiary alicyclic amines) is 1. The molecule has 0 aromatic carbocycles. The van der Waals surface area contributed by atoms with E-state index in [4.69, 9.17) is 4.98 Å². The third-order valence-corrected chi connectivity index (χ3v) is 6.75. The molecule has 4 heterocycles. The summed E-state index contributed by atoms with van der Waals surface area (Å²) in [5.41, 5.74) is 4.80. The smallest absolute Gasteiger partial charge is 0.266 e. The van der Waals surface area contributed by atoms with Crippen molar-refractivity contribution in [2.75, 3.05) is 18.4 Å². The van der Waals surface area contributed by atoms with Gasteiger partial charge in [0.1, 0.15) is 10.7 Å². The van der Waals surface area contributed by atoms with Crippen LogP contribution < -0.4 is 5.32 Å². The highest BCUT2D eigenvalue weighted by atomic mass is 32.1. The molecule has 0 spiro atoms. The molecule has 1 aliphatic rings. The number of hydrogen-bond donors (Lipinski definition) is 1. The summed E-state index contributed by atoms with van der Waals surface area (Å²) in [6.07, 6.45) is 8.48. The Labute approximate surface area is 187 Å². The van der Waals surface area contributed by atoms with Gasteiger partial charge in [0, 0.05) is 37.2 Å². The fraction of sp³-hybridized carbons (Fsp3) is 0.435. The highest BCUT2D eigenvalue weighted by Crippen LogP contribution is 2.38. The number of hydrogen-bond acceptors (Lipinski definition) is 7. The predicted octanol–water partition coefficient (Wildman–Crippen LogP) is 4.72. The van der Waals surface area contributed by atoms with Crippen LogP contribution in [0.15, 0.2) is 24.7 Å². The summed E-state index contributed by atoms with van der Waals surface area (Å²) >= 11 is 1.43. The van der Waals surface area contributed by atoms with Gasteiger partial charge in [0.2, 0.25) is 0 Å². The van der Waals surface area contributed by atoms with Gasteiger partial charge in [0.05, 0.1) is 17.4 Å². The number of piperidine rings is 1. The number of aromatic nitrogens is 4. The summed E-state index contributed by atoms with van der Waals surface area (Å²) in [5.74, 6) is 0.754. The van der Waals surface area contributed by atoms with Crippen molar-refractivity contribution in [2.45, 2.75) is 53.0 Å². The highest BCUT2D eigenvalue weighted by Gasteiger charge is 2.33. The number of rotatable bonds is 5. The fourth-order valence-corrected chi connectivity index (χ4v) is 5.13. The molecule has 0 aliphatic carbocycles. The van der Waals surface area contributed by atoms with Crippen molar-refractivity contribution in [3.63, 3.8) is 0 Å². The summed E-state index contributed by atoms with van der Waals surface area (Å²) in [7, 11) is 0. The Morgan fingerprint density at radius 3 is 2.81 bits per heavy atom. The normalized spacial score (nSPS) is 16.4. The predicted molar refractivity (Wildman–Crippen MR) is 123 cm³/mol. The van der Waals surface area contributed by atoms with Crippen LogP contribution in [0.3, 0.4) is 0 Å². The lowest BCUT2D eigenvalue weighted by molar-refractivity contribution is 0.0610. The second-order valence-electron chi connectivity index (χ2n) is 7.88. The molecule has 0 radical (unpaired) electrons. The molecule has 7 nitrogen and oxygen atoms in total. The number of amides is 1. The van der Waals surface area contributed by atoms with Crippen molar-refractivity contribution in [1.82, 2.24) is 24.8 Å². The van der Waals surface area contributed by atoms with Crippen molar-refractivity contribution in [3.8, 4) is 11.1 Å². The first kappa shape index (κ1) is 21.4. The number of nitrogens with one attached hydrogen (secondary N) is 1. The van der Waals surface area contributed by atoms with Gasteiger partial charge >= 0.3 is 0 Å². The van der Waals surface area contributed by atoms with E-state index < -0.39 is 0 Å². The maximum Gasteiger partial charge on any atom is 0.266 e. The Morgan fingerprint density at radius 2 is 2.03 bits per heavy atom. The molecule has 0 saturated carbocycles. The average molecular weight is 437 g/mol. The molecule has 0 unspecified atom stereocenters. The highest BCUT2D eigenvalue weighted by molar-refractivity contribution is 7.17. The Kier molecular flexibility index (Phi) is 6.27. The molecule has 1 aliphatic heterocycles. The lowest BCUT2D eigenvalue weighted by Gasteiger charge is -2.36. The molecule has 162 valence electrons. The van der Waals surface area contributed by atoms with Gasteiger partial charge < -0.3 is 10.2 Å². The summed E-state index contributed by atoms with van der Waals surface area (Å²) in [6.45, 7) is 9.37. The van der Waals surface area contributed by atoms with Crippen molar-refractivity contribution in [2.24, 2.45) is 0 Å². The van der Waals surface area contributed by atoms with Crippen LogP contribution in [0.1, 0.15) is 64.7 Å².